The van der Waals surface area contributed by atoms with Crippen molar-refractivity contribution in [1.29, 1.82) is 0 Å². The predicted octanol–water partition coefficient (Wildman–Crippen LogP) is 0.148. The van der Waals surface area contributed by atoms with Crippen LogP contribution in [0.1, 0.15) is 18.0 Å². The molecule has 114 valence electrons. The maximum atomic E-state index is 12.1. The summed E-state index contributed by atoms with van der Waals surface area (Å²) in [6, 6.07) is 8.95. The molecule has 21 heavy (non-hydrogen) atoms. The predicted molar refractivity (Wildman–Crippen MR) is 77.0 cm³/mol. The van der Waals surface area contributed by atoms with Crippen molar-refractivity contribution < 1.29 is 14.3 Å². The van der Waals surface area contributed by atoms with Crippen LogP contribution in [0.2, 0.25) is 0 Å². The van der Waals surface area contributed by atoms with E-state index in [0.29, 0.717) is 13.1 Å². The normalized spacial score (nSPS) is 19.8. The van der Waals surface area contributed by atoms with E-state index in [9.17, 15) is 9.59 Å². The van der Waals surface area contributed by atoms with Gasteiger partial charge in [-0.1, -0.05) is 30.3 Å². The third-order valence-electron chi connectivity index (χ3n) is 3.60. The van der Waals surface area contributed by atoms with Crippen LogP contribution in [0.5, 0.6) is 0 Å². The van der Waals surface area contributed by atoms with Gasteiger partial charge < -0.3 is 10.1 Å². The highest BCUT2D eigenvalue weighted by molar-refractivity contribution is 5.82. The van der Waals surface area contributed by atoms with Gasteiger partial charge in [0, 0.05) is 19.1 Å². The summed E-state index contributed by atoms with van der Waals surface area (Å²) in [5.74, 6) is 5.03. The average molecular weight is 292 g/mol. The van der Waals surface area contributed by atoms with Crippen molar-refractivity contribution in [2.45, 2.75) is 18.5 Å². The third kappa shape index (κ3) is 3.71. The summed E-state index contributed by atoms with van der Waals surface area (Å²) in [7, 11) is 1.33. The van der Waals surface area contributed by atoms with E-state index in [2.05, 4.69) is 15.5 Å². The standard InChI is InChI=1S/C14H20N4O3/c1-21-14(20)16-11-7-8-18(9-11)12(13(19)17-15)10-5-3-2-4-6-10/h2-6,11-12H,7-9,15H2,1H3,(H,16,20)(H,17,19). The number of amides is 2. The first kappa shape index (κ1) is 15.3. The van der Waals surface area contributed by atoms with E-state index in [1.165, 1.54) is 7.11 Å². The molecule has 0 radical (unpaired) electrons. The van der Waals surface area contributed by atoms with Gasteiger partial charge >= 0.3 is 6.09 Å². The molecule has 2 atom stereocenters. The molecule has 0 aromatic heterocycles. The summed E-state index contributed by atoms with van der Waals surface area (Å²) in [5, 5.41) is 2.76. The van der Waals surface area contributed by atoms with E-state index in [0.717, 1.165) is 12.0 Å². The van der Waals surface area contributed by atoms with Crippen molar-refractivity contribution in [3.63, 3.8) is 0 Å². The van der Waals surface area contributed by atoms with Crippen molar-refractivity contribution >= 4 is 12.0 Å². The van der Waals surface area contributed by atoms with Crippen molar-refractivity contribution in [2.75, 3.05) is 20.2 Å². The third-order valence-corrected chi connectivity index (χ3v) is 3.60. The van der Waals surface area contributed by atoms with E-state index in [-0.39, 0.29) is 11.9 Å². The number of carbonyl (C=O) groups is 2. The van der Waals surface area contributed by atoms with Crippen molar-refractivity contribution in [1.82, 2.24) is 15.6 Å². The Bertz CT molecular complexity index is 494. The van der Waals surface area contributed by atoms with Crippen molar-refractivity contribution in [3.8, 4) is 0 Å². The summed E-state index contributed by atoms with van der Waals surface area (Å²) in [6.07, 6.45) is 0.303. The van der Waals surface area contributed by atoms with Crippen LogP contribution in [0.25, 0.3) is 0 Å². The summed E-state index contributed by atoms with van der Waals surface area (Å²) < 4.78 is 4.59. The fourth-order valence-corrected chi connectivity index (χ4v) is 2.61. The van der Waals surface area contributed by atoms with Gasteiger partial charge in [-0.25, -0.2) is 10.6 Å². The molecular weight excluding hydrogens is 272 g/mol. The Morgan fingerprint density at radius 3 is 2.71 bits per heavy atom. The Balaban J connectivity index is 2.09. The zero-order valence-corrected chi connectivity index (χ0v) is 11.9. The molecule has 1 heterocycles. The molecule has 1 fully saturated rings. The van der Waals surface area contributed by atoms with Crippen molar-refractivity contribution in [3.05, 3.63) is 35.9 Å². The Labute approximate surface area is 123 Å². The minimum atomic E-state index is -0.458. The molecular formula is C14H20N4O3. The second-order valence-electron chi connectivity index (χ2n) is 4.94. The number of methoxy groups -OCH3 is 1. The van der Waals surface area contributed by atoms with Gasteiger partial charge in [0.2, 0.25) is 0 Å². The smallest absolute Gasteiger partial charge is 0.407 e. The maximum Gasteiger partial charge on any atom is 0.407 e. The number of carbonyl (C=O) groups excluding carboxylic acids is 2. The number of hydrazine groups is 1. The quantitative estimate of drug-likeness (QED) is 0.417. The highest BCUT2D eigenvalue weighted by atomic mass is 16.5. The molecule has 1 aromatic carbocycles. The lowest BCUT2D eigenvalue weighted by Gasteiger charge is -2.26. The molecule has 1 aromatic rings. The zero-order valence-electron chi connectivity index (χ0n) is 11.9. The fourth-order valence-electron chi connectivity index (χ4n) is 2.61. The van der Waals surface area contributed by atoms with E-state index in [1.807, 2.05) is 35.2 Å². The molecule has 2 rings (SSSR count). The van der Waals surface area contributed by atoms with Crippen LogP contribution in [0.4, 0.5) is 4.79 Å². The molecule has 0 aliphatic carbocycles. The number of benzene rings is 1. The van der Waals surface area contributed by atoms with E-state index in [4.69, 9.17) is 5.84 Å². The minimum absolute atomic E-state index is 0.0331. The van der Waals surface area contributed by atoms with Crippen LogP contribution >= 0.6 is 0 Å². The number of nitrogens with one attached hydrogen (secondary N) is 2. The van der Waals surface area contributed by atoms with E-state index < -0.39 is 12.1 Å². The van der Waals surface area contributed by atoms with Crippen LogP contribution in [0, 0.1) is 0 Å². The number of hydrogen-bond acceptors (Lipinski definition) is 5. The van der Waals surface area contributed by atoms with Gasteiger partial charge in [-0.05, 0) is 12.0 Å². The number of ether oxygens (including phenoxy) is 1. The SMILES string of the molecule is COC(=O)NC1CCN(C(C(=O)NN)c2ccccc2)C1. The van der Waals surface area contributed by atoms with E-state index in [1.54, 1.807) is 0 Å². The molecule has 0 spiro atoms. The molecule has 2 unspecified atom stereocenters. The maximum absolute atomic E-state index is 12.1. The summed E-state index contributed by atoms with van der Waals surface area (Å²) >= 11 is 0. The minimum Gasteiger partial charge on any atom is -0.453 e. The van der Waals surface area contributed by atoms with Crippen LogP contribution < -0.4 is 16.6 Å². The molecule has 0 bridgehead atoms. The number of rotatable bonds is 4. The van der Waals surface area contributed by atoms with Crippen molar-refractivity contribution in [2.24, 2.45) is 5.84 Å². The monoisotopic (exact) mass is 292 g/mol. The molecule has 7 heteroatoms. The fraction of sp³-hybridized carbons (Fsp3) is 0.429. The molecule has 4 N–H and O–H groups in total. The second-order valence-corrected chi connectivity index (χ2v) is 4.94. The number of nitrogens with zero attached hydrogens (tertiary/aromatic N) is 1. The van der Waals surface area contributed by atoms with Gasteiger partial charge in [0.15, 0.2) is 0 Å². The van der Waals surface area contributed by atoms with Gasteiger partial charge in [0.1, 0.15) is 6.04 Å². The first-order chi connectivity index (χ1) is 10.2. The van der Waals surface area contributed by atoms with Gasteiger partial charge in [0.05, 0.1) is 7.11 Å². The molecule has 2 amide bonds. The molecule has 1 aliphatic rings. The number of alkyl carbamates (subject to hydrolysis) is 1. The topological polar surface area (TPSA) is 96.7 Å². The molecule has 1 aliphatic heterocycles. The van der Waals surface area contributed by atoms with Crippen LogP contribution in [-0.2, 0) is 9.53 Å². The number of hydrogen-bond donors (Lipinski definition) is 3. The molecule has 0 saturated carbocycles. The average Bonchev–Trinajstić information content (AvgIpc) is 2.96. The first-order valence-electron chi connectivity index (χ1n) is 6.79. The Kier molecular flexibility index (Phi) is 5.13. The van der Waals surface area contributed by atoms with Gasteiger partial charge in [0.25, 0.3) is 5.91 Å². The van der Waals surface area contributed by atoms with Crippen LogP contribution in [0.3, 0.4) is 0 Å². The van der Waals surface area contributed by atoms with E-state index >= 15 is 0 Å². The number of likely N-dealkylation sites (tertiary alicyclic amines) is 1. The largest absolute Gasteiger partial charge is 0.453 e. The Morgan fingerprint density at radius 1 is 1.38 bits per heavy atom. The second kappa shape index (κ2) is 7.05. The molecule has 7 nitrogen and oxygen atoms in total. The lowest BCUT2D eigenvalue weighted by Crippen LogP contribution is -2.44. The van der Waals surface area contributed by atoms with Gasteiger partial charge in [-0.3, -0.25) is 15.1 Å². The zero-order chi connectivity index (χ0) is 15.2. The molecule has 1 saturated heterocycles. The Hall–Kier alpha value is -2.12. The van der Waals surface area contributed by atoms with Crippen LogP contribution in [-0.4, -0.2) is 43.1 Å². The lowest BCUT2D eigenvalue weighted by molar-refractivity contribution is -0.126. The highest BCUT2D eigenvalue weighted by Crippen LogP contribution is 2.25. The number of nitrogens with two attached hydrogens (primary N) is 1. The summed E-state index contributed by atoms with van der Waals surface area (Å²) in [4.78, 5) is 25.3. The highest BCUT2D eigenvalue weighted by Gasteiger charge is 2.33. The first-order valence-corrected chi connectivity index (χ1v) is 6.79. The van der Waals surface area contributed by atoms with Gasteiger partial charge in [-0.2, -0.15) is 0 Å². The summed E-state index contributed by atoms with van der Waals surface area (Å²) in [6.45, 7) is 1.27. The van der Waals surface area contributed by atoms with Crippen LogP contribution in [0.15, 0.2) is 30.3 Å². The Morgan fingerprint density at radius 2 is 2.10 bits per heavy atom. The van der Waals surface area contributed by atoms with Gasteiger partial charge in [-0.15, -0.1) is 0 Å². The lowest BCUT2D eigenvalue weighted by atomic mass is 10.1. The summed E-state index contributed by atoms with van der Waals surface area (Å²) in [5.41, 5.74) is 3.09.